The number of cyclic esters (lactones) is 1. The lowest BCUT2D eigenvalue weighted by Gasteiger charge is -2.58. The molecule has 144 valence electrons. The van der Waals surface area contributed by atoms with Crippen molar-refractivity contribution in [3.63, 3.8) is 0 Å². The van der Waals surface area contributed by atoms with Gasteiger partial charge < -0.3 is 19.0 Å². The Kier molecular flexibility index (Phi) is 3.89. The molecule has 5 unspecified atom stereocenters. The normalized spacial score (nSPS) is 40.4. The van der Waals surface area contributed by atoms with Crippen LogP contribution in [0.25, 0.3) is 0 Å². The van der Waals surface area contributed by atoms with Gasteiger partial charge in [0.05, 0.1) is 19.6 Å². The van der Waals surface area contributed by atoms with E-state index in [0.717, 1.165) is 5.56 Å². The number of rotatable bonds is 2. The molecule has 0 amide bonds. The first-order chi connectivity index (χ1) is 12.8. The standard InChI is InChI=1S/C21H24O6/c1-19-11-15(13-7-10-26-12-13)27-17(22)14(19)6-9-20(2)16(19)5-4-8-21(20,24)18(23)25-3/h4,6-8,10,12,15-16,24H,5,9,11H2,1-3H3. The Morgan fingerprint density at radius 3 is 2.81 bits per heavy atom. The Labute approximate surface area is 157 Å². The van der Waals surface area contributed by atoms with Crippen molar-refractivity contribution in [1.29, 1.82) is 0 Å². The summed E-state index contributed by atoms with van der Waals surface area (Å²) in [7, 11) is 1.28. The summed E-state index contributed by atoms with van der Waals surface area (Å²) in [6.07, 6.45) is 9.55. The van der Waals surface area contributed by atoms with Gasteiger partial charge in [-0.2, -0.15) is 0 Å². The molecule has 1 N–H and O–H groups in total. The van der Waals surface area contributed by atoms with Gasteiger partial charge in [0.15, 0.2) is 5.60 Å². The Hall–Kier alpha value is -2.34. The number of carbonyl (C=O) groups excluding carboxylic acids is 2. The topological polar surface area (TPSA) is 86.0 Å². The van der Waals surface area contributed by atoms with Crippen LogP contribution in [0, 0.1) is 16.7 Å². The number of methoxy groups -OCH3 is 1. The van der Waals surface area contributed by atoms with Gasteiger partial charge in [0, 0.05) is 22.0 Å². The minimum atomic E-state index is -1.73. The molecular formula is C21H24O6. The fourth-order valence-electron chi connectivity index (χ4n) is 5.38. The van der Waals surface area contributed by atoms with Gasteiger partial charge in [-0.25, -0.2) is 9.59 Å². The summed E-state index contributed by atoms with van der Waals surface area (Å²) in [6, 6.07) is 1.80. The van der Waals surface area contributed by atoms with Crippen LogP contribution in [0.15, 0.2) is 46.8 Å². The minimum Gasteiger partial charge on any atom is -0.472 e. The van der Waals surface area contributed by atoms with Gasteiger partial charge in [0.1, 0.15) is 6.10 Å². The molecule has 27 heavy (non-hydrogen) atoms. The van der Waals surface area contributed by atoms with Gasteiger partial charge in [0.25, 0.3) is 0 Å². The molecule has 6 nitrogen and oxygen atoms in total. The summed E-state index contributed by atoms with van der Waals surface area (Å²) in [5, 5.41) is 11.3. The number of aliphatic hydroxyl groups is 1. The predicted octanol–water partition coefficient (Wildman–Crippen LogP) is 3.09. The second-order valence-electron chi connectivity index (χ2n) is 8.26. The van der Waals surface area contributed by atoms with Gasteiger partial charge >= 0.3 is 11.9 Å². The number of allylic oxidation sites excluding steroid dienone is 2. The molecular weight excluding hydrogens is 348 g/mol. The lowest BCUT2D eigenvalue weighted by molar-refractivity contribution is -0.186. The van der Waals surface area contributed by atoms with E-state index in [-0.39, 0.29) is 11.9 Å². The van der Waals surface area contributed by atoms with Gasteiger partial charge in [-0.1, -0.05) is 26.0 Å². The zero-order valence-electron chi connectivity index (χ0n) is 15.7. The van der Waals surface area contributed by atoms with Crippen LogP contribution in [0.1, 0.15) is 44.8 Å². The highest BCUT2D eigenvalue weighted by molar-refractivity contribution is 5.92. The second kappa shape index (κ2) is 5.83. The van der Waals surface area contributed by atoms with E-state index in [0.29, 0.717) is 24.8 Å². The maximum atomic E-state index is 12.8. The third kappa shape index (κ3) is 2.29. The zero-order chi connectivity index (χ0) is 19.4. The molecule has 1 aromatic rings. The molecule has 0 radical (unpaired) electrons. The molecule has 2 aliphatic carbocycles. The summed E-state index contributed by atoms with van der Waals surface area (Å²) in [5.41, 5.74) is -1.62. The number of furan rings is 1. The highest BCUT2D eigenvalue weighted by Crippen LogP contribution is 2.63. The van der Waals surface area contributed by atoms with E-state index in [4.69, 9.17) is 13.9 Å². The smallest absolute Gasteiger partial charge is 0.342 e. The SMILES string of the molecule is COC(=O)C1(O)C=CCC2C3(C)CC(c4ccoc4)OC(=O)C3=CCC21C. The first-order valence-corrected chi connectivity index (χ1v) is 9.18. The van der Waals surface area contributed by atoms with Crippen molar-refractivity contribution in [1.82, 2.24) is 0 Å². The van der Waals surface area contributed by atoms with Crippen molar-refractivity contribution >= 4 is 11.9 Å². The van der Waals surface area contributed by atoms with Crippen LogP contribution in [-0.2, 0) is 19.1 Å². The number of esters is 2. The van der Waals surface area contributed by atoms with Gasteiger partial charge in [-0.15, -0.1) is 0 Å². The van der Waals surface area contributed by atoms with E-state index in [9.17, 15) is 14.7 Å². The van der Waals surface area contributed by atoms with Gasteiger partial charge in [-0.05, 0) is 37.3 Å². The van der Waals surface area contributed by atoms with E-state index in [2.05, 4.69) is 0 Å². The molecule has 2 heterocycles. The molecule has 0 saturated carbocycles. The van der Waals surface area contributed by atoms with Crippen LogP contribution in [0.4, 0.5) is 0 Å². The quantitative estimate of drug-likeness (QED) is 0.634. The Morgan fingerprint density at radius 2 is 2.15 bits per heavy atom. The van der Waals surface area contributed by atoms with Crippen LogP contribution in [-0.4, -0.2) is 29.8 Å². The first kappa shape index (κ1) is 18.0. The maximum Gasteiger partial charge on any atom is 0.342 e. The third-order valence-corrected chi connectivity index (χ3v) is 6.98. The molecule has 1 fully saturated rings. The molecule has 1 saturated heterocycles. The van der Waals surface area contributed by atoms with Crippen LogP contribution >= 0.6 is 0 Å². The molecule has 0 bridgehead atoms. The number of ether oxygens (including phenoxy) is 2. The van der Waals surface area contributed by atoms with E-state index in [1.54, 1.807) is 24.7 Å². The second-order valence-corrected chi connectivity index (χ2v) is 8.26. The average Bonchev–Trinajstić information content (AvgIpc) is 3.16. The van der Waals surface area contributed by atoms with Crippen LogP contribution in [0.2, 0.25) is 0 Å². The molecule has 4 rings (SSSR count). The number of fused-ring (bicyclic) bond motifs is 3. The maximum absolute atomic E-state index is 12.8. The molecule has 6 heteroatoms. The van der Waals surface area contributed by atoms with Crippen LogP contribution < -0.4 is 0 Å². The van der Waals surface area contributed by atoms with E-state index in [1.165, 1.54) is 7.11 Å². The fourth-order valence-corrected chi connectivity index (χ4v) is 5.38. The average molecular weight is 372 g/mol. The minimum absolute atomic E-state index is 0.124. The number of hydrogen-bond acceptors (Lipinski definition) is 6. The lowest BCUT2D eigenvalue weighted by atomic mass is 9.46. The summed E-state index contributed by atoms with van der Waals surface area (Å²) >= 11 is 0. The summed E-state index contributed by atoms with van der Waals surface area (Å²) < 4.78 is 15.7. The fraction of sp³-hybridized carbons (Fsp3) is 0.524. The highest BCUT2D eigenvalue weighted by atomic mass is 16.5. The molecule has 3 aliphatic rings. The largest absolute Gasteiger partial charge is 0.472 e. The summed E-state index contributed by atoms with van der Waals surface area (Å²) in [6.45, 7) is 3.94. The highest BCUT2D eigenvalue weighted by Gasteiger charge is 2.65. The monoisotopic (exact) mass is 372 g/mol. The molecule has 5 atom stereocenters. The lowest BCUT2D eigenvalue weighted by Crippen LogP contribution is -2.62. The van der Waals surface area contributed by atoms with Crippen molar-refractivity contribution in [3.05, 3.63) is 48.0 Å². The van der Waals surface area contributed by atoms with E-state index >= 15 is 0 Å². The van der Waals surface area contributed by atoms with Crippen molar-refractivity contribution in [2.75, 3.05) is 7.11 Å². The third-order valence-electron chi connectivity index (χ3n) is 6.98. The van der Waals surface area contributed by atoms with Crippen LogP contribution in [0.5, 0.6) is 0 Å². The Bertz CT molecular complexity index is 837. The van der Waals surface area contributed by atoms with E-state index < -0.39 is 28.5 Å². The van der Waals surface area contributed by atoms with Crippen LogP contribution in [0.3, 0.4) is 0 Å². The zero-order valence-corrected chi connectivity index (χ0v) is 15.7. The summed E-state index contributed by atoms with van der Waals surface area (Å²) in [5.74, 6) is -1.13. The van der Waals surface area contributed by atoms with Crippen molar-refractivity contribution in [2.45, 2.75) is 44.8 Å². The summed E-state index contributed by atoms with van der Waals surface area (Å²) in [4.78, 5) is 25.3. The molecule has 1 aliphatic heterocycles. The van der Waals surface area contributed by atoms with Crippen molar-refractivity contribution in [3.8, 4) is 0 Å². The van der Waals surface area contributed by atoms with Gasteiger partial charge in [0.2, 0.25) is 0 Å². The number of carbonyl (C=O) groups is 2. The Morgan fingerprint density at radius 1 is 1.37 bits per heavy atom. The first-order valence-electron chi connectivity index (χ1n) is 9.18. The van der Waals surface area contributed by atoms with Crippen molar-refractivity contribution in [2.24, 2.45) is 16.7 Å². The van der Waals surface area contributed by atoms with E-state index in [1.807, 2.05) is 26.0 Å². The predicted molar refractivity (Wildman–Crippen MR) is 95.3 cm³/mol. The van der Waals surface area contributed by atoms with Gasteiger partial charge in [-0.3, -0.25) is 0 Å². The molecule has 0 spiro atoms. The Balaban J connectivity index is 1.80. The van der Waals surface area contributed by atoms with Crippen molar-refractivity contribution < 1.29 is 28.6 Å². The number of hydrogen-bond donors (Lipinski definition) is 1. The molecule has 1 aromatic heterocycles. The molecule has 0 aromatic carbocycles.